The first-order valence-electron chi connectivity index (χ1n) is 7.70. The lowest BCUT2D eigenvalue weighted by Gasteiger charge is -2.09. The lowest BCUT2D eigenvalue weighted by atomic mass is 10.2. The van der Waals surface area contributed by atoms with Gasteiger partial charge in [-0.3, -0.25) is 4.79 Å². The summed E-state index contributed by atoms with van der Waals surface area (Å²) in [4.78, 5) is 22.6. The van der Waals surface area contributed by atoms with Gasteiger partial charge in [0.2, 0.25) is 5.91 Å². The highest BCUT2D eigenvalue weighted by molar-refractivity contribution is 8.00. The summed E-state index contributed by atoms with van der Waals surface area (Å²) in [5, 5.41) is 4.07. The number of nitrogens with zero attached hydrogens (tertiary/aromatic N) is 2. The van der Waals surface area contributed by atoms with Gasteiger partial charge in [0.05, 0.1) is 11.3 Å². The average Bonchev–Trinajstić information content (AvgIpc) is 3.03. The van der Waals surface area contributed by atoms with E-state index in [1.807, 2.05) is 13.0 Å². The zero-order chi connectivity index (χ0) is 18.7. The Balaban J connectivity index is 1.67. The fourth-order valence-corrected chi connectivity index (χ4v) is 4.05. The molecule has 1 N–H and O–H groups in total. The second-order valence-electron chi connectivity index (χ2n) is 5.38. The predicted molar refractivity (Wildman–Crippen MR) is 97.6 cm³/mol. The van der Waals surface area contributed by atoms with Gasteiger partial charge in [-0.1, -0.05) is 24.8 Å². The highest BCUT2D eigenvalue weighted by Gasteiger charge is 2.30. The Labute approximate surface area is 155 Å². The summed E-state index contributed by atoms with van der Waals surface area (Å²) in [6, 6.07) is 6.57. The van der Waals surface area contributed by atoms with Crippen molar-refractivity contribution in [2.24, 2.45) is 0 Å². The summed E-state index contributed by atoms with van der Waals surface area (Å²) in [6.07, 6.45) is -2.11. The predicted octanol–water partition coefficient (Wildman–Crippen LogP) is 5.00. The second-order valence-corrected chi connectivity index (χ2v) is 7.46. The van der Waals surface area contributed by atoms with Gasteiger partial charge in [-0.25, -0.2) is 9.97 Å². The first-order chi connectivity index (χ1) is 12.4. The van der Waals surface area contributed by atoms with E-state index in [0.717, 1.165) is 28.8 Å². The number of fused-ring (bicyclic) bond motifs is 1. The molecular formula is C17H14F3N3OS2. The number of halogens is 3. The average molecular weight is 397 g/mol. The summed E-state index contributed by atoms with van der Waals surface area (Å²) < 4.78 is 38.2. The van der Waals surface area contributed by atoms with Crippen LogP contribution in [0.4, 0.5) is 18.9 Å². The molecule has 0 bridgehead atoms. The van der Waals surface area contributed by atoms with Crippen LogP contribution in [0.5, 0.6) is 0 Å². The Morgan fingerprint density at radius 3 is 2.81 bits per heavy atom. The van der Waals surface area contributed by atoms with Crippen LogP contribution in [0.15, 0.2) is 41.7 Å². The van der Waals surface area contributed by atoms with Crippen LogP contribution >= 0.6 is 23.1 Å². The number of aryl methyl sites for hydroxylation is 1. The van der Waals surface area contributed by atoms with Crippen molar-refractivity contribution < 1.29 is 18.0 Å². The van der Waals surface area contributed by atoms with Gasteiger partial charge in [0.15, 0.2) is 0 Å². The third-order valence-corrected chi connectivity index (χ3v) is 5.70. The molecule has 0 aliphatic carbocycles. The molecule has 0 spiro atoms. The van der Waals surface area contributed by atoms with Crippen LogP contribution in [-0.2, 0) is 17.4 Å². The maximum absolute atomic E-state index is 12.7. The Hall–Kier alpha value is -2.13. The van der Waals surface area contributed by atoms with E-state index in [0.29, 0.717) is 5.03 Å². The number of anilines is 1. The van der Waals surface area contributed by atoms with Gasteiger partial charge in [-0.2, -0.15) is 13.2 Å². The zero-order valence-electron chi connectivity index (χ0n) is 13.6. The van der Waals surface area contributed by atoms with E-state index in [2.05, 4.69) is 15.3 Å². The lowest BCUT2D eigenvalue weighted by Crippen LogP contribution is -2.15. The fourth-order valence-electron chi connectivity index (χ4n) is 2.28. The van der Waals surface area contributed by atoms with E-state index in [4.69, 9.17) is 0 Å². The summed E-state index contributed by atoms with van der Waals surface area (Å²) in [7, 11) is 0. The van der Waals surface area contributed by atoms with Gasteiger partial charge in [0, 0.05) is 16.0 Å². The molecule has 0 atom stereocenters. The number of amides is 1. The maximum Gasteiger partial charge on any atom is 0.416 e. The Kier molecular flexibility index (Phi) is 5.47. The summed E-state index contributed by atoms with van der Waals surface area (Å²) in [5.74, 6) is -0.355. The van der Waals surface area contributed by atoms with Gasteiger partial charge in [0.1, 0.15) is 16.2 Å². The van der Waals surface area contributed by atoms with Crippen LogP contribution in [0.1, 0.15) is 17.4 Å². The number of hydrogen-bond acceptors (Lipinski definition) is 5. The van der Waals surface area contributed by atoms with Crippen molar-refractivity contribution in [2.45, 2.75) is 24.5 Å². The monoisotopic (exact) mass is 397 g/mol. The standard InChI is InChI=1S/C17H14F3N3OS2/c1-2-12-7-13-15(21-9-22-16(13)26-12)25-8-14(24)23-11-5-3-4-10(6-11)17(18,19)20/h3-7,9H,2,8H2,1H3,(H,23,24). The van der Waals surface area contributed by atoms with Crippen molar-refractivity contribution in [3.05, 3.63) is 47.1 Å². The Bertz CT molecular complexity index is 940. The number of carbonyl (C=O) groups is 1. The van der Waals surface area contributed by atoms with Crippen molar-refractivity contribution in [3.8, 4) is 0 Å². The van der Waals surface area contributed by atoms with Gasteiger partial charge in [-0.15, -0.1) is 11.3 Å². The van der Waals surface area contributed by atoms with Gasteiger partial charge >= 0.3 is 6.18 Å². The molecule has 1 amide bonds. The molecule has 0 aliphatic heterocycles. The van der Waals surface area contributed by atoms with Crippen LogP contribution in [0.25, 0.3) is 10.2 Å². The molecule has 26 heavy (non-hydrogen) atoms. The van der Waals surface area contributed by atoms with Crippen LogP contribution in [0.3, 0.4) is 0 Å². The number of rotatable bonds is 5. The number of benzene rings is 1. The molecule has 2 heterocycles. The van der Waals surface area contributed by atoms with Crippen molar-refractivity contribution in [1.82, 2.24) is 9.97 Å². The van der Waals surface area contributed by atoms with Crippen molar-refractivity contribution >= 4 is 44.9 Å². The normalized spacial score (nSPS) is 11.7. The molecule has 2 aromatic heterocycles. The minimum atomic E-state index is -4.45. The van der Waals surface area contributed by atoms with E-state index >= 15 is 0 Å². The van der Waals surface area contributed by atoms with Crippen LogP contribution in [-0.4, -0.2) is 21.6 Å². The molecule has 4 nitrogen and oxygen atoms in total. The molecule has 9 heteroatoms. The summed E-state index contributed by atoms with van der Waals surface area (Å²) in [6.45, 7) is 2.05. The van der Waals surface area contributed by atoms with Gasteiger partial charge in [0.25, 0.3) is 0 Å². The zero-order valence-corrected chi connectivity index (χ0v) is 15.3. The van der Waals surface area contributed by atoms with Crippen LogP contribution in [0, 0.1) is 0 Å². The van der Waals surface area contributed by atoms with Crippen molar-refractivity contribution in [3.63, 3.8) is 0 Å². The quantitative estimate of drug-likeness (QED) is 0.486. The molecule has 0 unspecified atom stereocenters. The minimum absolute atomic E-state index is 0.0413. The van der Waals surface area contributed by atoms with E-state index in [1.54, 1.807) is 11.3 Å². The van der Waals surface area contributed by atoms with E-state index in [9.17, 15) is 18.0 Å². The van der Waals surface area contributed by atoms with E-state index in [1.165, 1.54) is 35.1 Å². The fraction of sp³-hybridized carbons (Fsp3) is 0.235. The van der Waals surface area contributed by atoms with E-state index in [-0.39, 0.29) is 11.4 Å². The number of aromatic nitrogens is 2. The number of carbonyl (C=O) groups excluding carboxylic acids is 1. The highest BCUT2D eigenvalue weighted by Crippen LogP contribution is 2.32. The molecule has 0 saturated carbocycles. The largest absolute Gasteiger partial charge is 0.416 e. The molecule has 0 radical (unpaired) electrons. The summed E-state index contributed by atoms with van der Waals surface area (Å²) in [5.41, 5.74) is -0.687. The first-order valence-corrected chi connectivity index (χ1v) is 9.50. The molecule has 1 aromatic carbocycles. The molecule has 3 rings (SSSR count). The minimum Gasteiger partial charge on any atom is -0.325 e. The van der Waals surface area contributed by atoms with Crippen LogP contribution in [0.2, 0.25) is 0 Å². The topological polar surface area (TPSA) is 54.9 Å². The molecule has 0 saturated heterocycles. The molecule has 136 valence electrons. The molecular weight excluding hydrogens is 383 g/mol. The Morgan fingerprint density at radius 2 is 2.08 bits per heavy atom. The highest BCUT2D eigenvalue weighted by atomic mass is 32.2. The van der Waals surface area contributed by atoms with Crippen LogP contribution < -0.4 is 5.32 Å². The maximum atomic E-state index is 12.7. The molecule has 3 aromatic rings. The number of thiophene rings is 1. The second kappa shape index (κ2) is 7.63. The number of thioether (sulfide) groups is 1. The van der Waals surface area contributed by atoms with Crippen molar-refractivity contribution in [2.75, 3.05) is 11.1 Å². The van der Waals surface area contributed by atoms with Crippen molar-refractivity contribution in [1.29, 1.82) is 0 Å². The van der Waals surface area contributed by atoms with Gasteiger partial charge < -0.3 is 5.32 Å². The number of hydrogen-bond donors (Lipinski definition) is 1. The third-order valence-electron chi connectivity index (χ3n) is 3.51. The SMILES string of the molecule is CCc1cc2c(SCC(=O)Nc3cccc(C(F)(F)F)c3)ncnc2s1. The third kappa shape index (κ3) is 4.34. The molecule has 0 fully saturated rings. The lowest BCUT2D eigenvalue weighted by molar-refractivity contribution is -0.137. The molecule has 0 aliphatic rings. The first kappa shape index (κ1) is 18.7. The number of alkyl halides is 3. The Morgan fingerprint density at radius 1 is 1.27 bits per heavy atom. The van der Waals surface area contributed by atoms with Gasteiger partial charge in [-0.05, 0) is 30.7 Å². The van der Waals surface area contributed by atoms with E-state index < -0.39 is 17.6 Å². The smallest absolute Gasteiger partial charge is 0.325 e. The number of nitrogens with one attached hydrogen (secondary N) is 1. The summed E-state index contributed by atoms with van der Waals surface area (Å²) >= 11 is 2.81.